The molecule has 0 heterocycles. The Kier molecular flexibility index (Phi) is 5.69. The van der Waals surface area contributed by atoms with Crippen LogP contribution in [0, 0.1) is 5.82 Å². The SMILES string of the molecule is O=C(Cc1c(F)cccc1Cl)NCC(O)(c1ccccc1)C(F)(F)F. The van der Waals surface area contributed by atoms with Crippen molar-refractivity contribution in [3.8, 4) is 0 Å². The molecule has 25 heavy (non-hydrogen) atoms. The van der Waals surface area contributed by atoms with Crippen LogP contribution in [0.2, 0.25) is 5.02 Å². The lowest BCUT2D eigenvalue weighted by Crippen LogP contribution is -2.51. The van der Waals surface area contributed by atoms with Gasteiger partial charge in [-0.25, -0.2) is 4.39 Å². The molecule has 0 spiro atoms. The van der Waals surface area contributed by atoms with Crippen molar-refractivity contribution in [3.63, 3.8) is 0 Å². The molecule has 2 N–H and O–H groups in total. The Bertz CT molecular complexity index is 732. The maximum atomic E-state index is 13.6. The molecule has 0 aromatic heterocycles. The number of hydrogen-bond donors (Lipinski definition) is 2. The zero-order valence-electron chi connectivity index (χ0n) is 12.8. The maximum absolute atomic E-state index is 13.6. The van der Waals surface area contributed by atoms with Crippen LogP contribution < -0.4 is 5.32 Å². The van der Waals surface area contributed by atoms with E-state index >= 15 is 0 Å². The van der Waals surface area contributed by atoms with E-state index in [2.05, 4.69) is 0 Å². The molecular weight excluding hydrogens is 362 g/mol. The van der Waals surface area contributed by atoms with Gasteiger partial charge in [0.1, 0.15) is 5.82 Å². The van der Waals surface area contributed by atoms with Crippen LogP contribution in [-0.2, 0) is 16.8 Å². The van der Waals surface area contributed by atoms with Crippen molar-refractivity contribution in [1.82, 2.24) is 5.32 Å². The Hall–Kier alpha value is -2.12. The van der Waals surface area contributed by atoms with Gasteiger partial charge in [-0.05, 0) is 17.7 Å². The summed E-state index contributed by atoms with van der Waals surface area (Å²) in [5, 5.41) is 12.1. The standard InChI is InChI=1S/C17H14ClF4NO2/c18-13-7-4-8-14(19)12(13)9-15(24)23-10-16(25,17(20,21)22)11-5-2-1-3-6-11/h1-8,25H,9-10H2,(H,23,24). The van der Waals surface area contributed by atoms with Crippen molar-refractivity contribution in [3.05, 3.63) is 70.5 Å². The number of alkyl halides is 3. The minimum Gasteiger partial charge on any atom is -0.375 e. The van der Waals surface area contributed by atoms with Gasteiger partial charge in [0.05, 0.1) is 13.0 Å². The van der Waals surface area contributed by atoms with E-state index in [-0.39, 0.29) is 10.6 Å². The van der Waals surface area contributed by atoms with E-state index in [4.69, 9.17) is 11.6 Å². The fourth-order valence-corrected chi connectivity index (χ4v) is 2.46. The lowest BCUT2D eigenvalue weighted by molar-refractivity contribution is -0.264. The Morgan fingerprint density at radius 3 is 2.28 bits per heavy atom. The normalized spacial score (nSPS) is 14.0. The van der Waals surface area contributed by atoms with Gasteiger partial charge in [-0.1, -0.05) is 48.0 Å². The number of hydrogen-bond acceptors (Lipinski definition) is 2. The van der Waals surface area contributed by atoms with Crippen LogP contribution >= 0.6 is 11.6 Å². The molecule has 1 unspecified atom stereocenters. The van der Waals surface area contributed by atoms with Gasteiger partial charge in [0.15, 0.2) is 0 Å². The lowest BCUT2D eigenvalue weighted by atomic mass is 9.93. The van der Waals surface area contributed by atoms with Crippen LogP contribution in [-0.4, -0.2) is 23.7 Å². The third-order valence-corrected chi connectivity index (χ3v) is 4.01. The molecule has 2 aromatic carbocycles. The van der Waals surface area contributed by atoms with Crippen molar-refractivity contribution in [1.29, 1.82) is 0 Å². The molecule has 3 nitrogen and oxygen atoms in total. The average Bonchev–Trinajstić information content (AvgIpc) is 2.56. The summed E-state index contributed by atoms with van der Waals surface area (Å²) in [6.45, 7) is -1.11. The summed E-state index contributed by atoms with van der Waals surface area (Å²) in [4.78, 5) is 11.9. The van der Waals surface area contributed by atoms with Gasteiger partial charge in [-0.3, -0.25) is 4.79 Å². The van der Waals surface area contributed by atoms with Gasteiger partial charge in [0, 0.05) is 10.6 Å². The second-order valence-electron chi connectivity index (χ2n) is 5.38. The number of aliphatic hydroxyl groups is 1. The highest BCUT2D eigenvalue weighted by Gasteiger charge is 2.55. The first-order valence-electron chi connectivity index (χ1n) is 7.19. The molecule has 0 fully saturated rings. The molecule has 0 radical (unpaired) electrons. The highest BCUT2D eigenvalue weighted by Crippen LogP contribution is 2.38. The monoisotopic (exact) mass is 375 g/mol. The van der Waals surface area contributed by atoms with Crippen molar-refractivity contribution in [2.75, 3.05) is 6.54 Å². The number of nitrogens with one attached hydrogen (secondary N) is 1. The highest BCUT2D eigenvalue weighted by atomic mass is 35.5. The first kappa shape index (κ1) is 19.2. The fraction of sp³-hybridized carbons (Fsp3) is 0.235. The van der Waals surface area contributed by atoms with Crippen molar-refractivity contribution in [2.45, 2.75) is 18.2 Å². The van der Waals surface area contributed by atoms with E-state index in [1.807, 2.05) is 5.32 Å². The molecule has 0 saturated carbocycles. The number of rotatable bonds is 5. The molecule has 0 aliphatic heterocycles. The third-order valence-electron chi connectivity index (χ3n) is 3.66. The lowest BCUT2D eigenvalue weighted by Gasteiger charge is -2.31. The minimum absolute atomic E-state index is 0.00991. The van der Waals surface area contributed by atoms with E-state index in [9.17, 15) is 27.5 Å². The summed E-state index contributed by atoms with van der Waals surface area (Å²) in [5.41, 5.74) is -3.80. The topological polar surface area (TPSA) is 49.3 Å². The number of amides is 1. The molecule has 0 aliphatic carbocycles. The number of carbonyl (C=O) groups is 1. The van der Waals surface area contributed by atoms with Crippen LogP contribution in [0.3, 0.4) is 0 Å². The van der Waals surface area contributed by atoms with Crippen molar-refractivity contribution in [2.24, 2.45) is 0 Å². The Balaban J connectivity index is 2.15. The zero-order valence-corrected chi connectivity index (χ0v) is 13.5. The van der Waals surface area contributed by atoms with Gasteiger partial charge in [-0.2, -0.15) is 13.2 Å². The van der Waals surface area contributed by atoms with E-state index < -0.39 is 42.0 Å². The number of carbonyl (C=O) groups excluding carboxylic acids is 1. The molecule has 8 heteroatoms. The quantitative estimate of drug-likeness (QED) is 0.785. The maximum Gasteiger partial charge on any atom is 0.423 e. The average molecular weight is 376 g/mol. The Morgan fingerprint density at radius 1 is 1.08 bits per heavy atom. The summed E-state index contributed by atoms with van der Waals surface area (Å²) in [7, 11) is 0. The summed E-state index contributed by atoms with van der Waals surface area (Å²) in [5.74, 6) is -1.64. The van der Waals surface area contributed by atoms with Crippen molar-refractivity contribution < 1.29 is 27.5 Å². The van der Waals surface area contributed by atoms with E-state index in [1.165, 1.54) is 30.3 Å². The molecular formula is C17H14ClF4NO2. The zero-order chi connectivity index (χ0) is 18.7. The summed E-state index contributed by atoms with van der Waals surface area (Å²) >= 11 is 5.78. The second kappa shape index (κ2) is 7.41. The summed E-state index contributed by atoms with van der Waals surface area (Å²) in [6, 6.07) is 10.2. The largest absolute Gasteiger partial charge is 0.423 e. The summed E-state index contributed by atoms with van der Waals surface area (Å²) < 4.78 is 53.6. The molecule has 134 valence electrons. The van der Waals surface area contributed by atoms with Crippen LogP contribution in [0.1, 0.15) is 11.1 Å². The molecule has 0 bridgehead atoms. The molecule has 0 saturated heterocycles. The van der Waals surface area contributed by atoms with E-state index in [1.54, 1.807) is 0 Å². The Labute approximate surface area is 146 Å². The van der Waals surface area contributed by atoms with Crippen LogP contribution in [0.15, 0.2) is 48.5 Å². The molecule has 1 atom stereocenters. The van der Waals surface area contributed by atoms with E-state index in [0.29, 0.717) is 0 Å². The van der Waals surface area contributed by atoms with Gasteiger partial charge in [-0.15, -0.1) is 0 Å². The predicted octanol–water partition coefficient (Wildman–Crippen LogP) is 3.59. The van der Waals surface area contributed by atoms with Gasteiger partial charge < -0.3 is 10.4 Å². The third kappa shape index (κ3) is 4.29. The van der Waals surface area contributed by atoms with Crippen LogP contribution in [0.25, 0.3) is 0 Å². The smallest absolute Gasteiger partial charge is 0.375 e. The van der Waals surface area contributed by atoms with Crippen LogP contribution in [0.5, 0.6) is 0 Å². The fourth-order valence-electron chi connectivity index (χ4n) is 2.23. The first-order chi connectivity index (χ1) is 11.6. The molecule has 1 amide bonds. The van der Waals surface area contributed by atoms with Crippen LogP contribution in [0.4, 0.5) is 17.6 Å². The summed E-state index contributed by atoms with van der Waals surface area (Å²) in [6.07, 6.45) is -5.56. The molecule has 2 aromatic rings. The van der Waals surface area contributed by atoms with E-state index in [0.717, 1.165) is 18.2 Å². The number of halogens is 5. The predicted molar refractivity (Wildman–Crippen MR) is 84.5 cm³/mol. The second-order valence-corrected chi connectivity index (χ2v) is 5.78. The van der Waals surface area contributed by atoms with Gasteiger partial charge >= 0.3 is 6.18 Å². The Morgan fingerprint density at radius 2 is 1.72 bits per heavy atom. The first-order valence-corrected chi connectivity index (χ1v) is 7.57. The minimum atomic E-state index is -5.02. The number of benzene rings is 2. The molecule has 0 aliphatic rings. The van der Waals surface area contributed by atoms with Gasteiger partial charge in [0.25, 0.3) is 0 Å². The van der Waals surface area contributed by atoms with Crippen molar-refractivity contribution >= 4 is 17.5 Å². The van der Waals surface area contributed by atoms with Gasteiger partial charge in [0.2, 0.25) is 11.5 Å². The highest BCUT2D eigenvalue weighted by molar-refractivity contribution is 6.31. The molecule has 2 rings (SSSR count).